The van der Waals surface area contributed by atoms with Crippen molar-refractivity contribution in [2.24, 2.45) is 17.3 Å². The average Bonchev–Trinajstić information content (AvgIpc) is 3.21. The number of carbonyl (C=O) groups excluding carboxylic acids is 3. The average molecular weight is 577 g/mol. The van der Waals surface area contributed by atoms with Gasteiger partial charge in [0.1, 0.15) is 24.9 Å². The number of aliphatic hydroxyl groups is 1. The van der Waals surface area contributed by atoms with Crippen LogP contribution < -0.4 is 0 Å². The van der Waals surface area contributed by atoms with Crippen molar-refractivity contribution in [1.82, 2.24) is 0 Å². The molecule has 0 amide bonds. The van der Waals surface area contributed by atoms with Gasteiger partial charge in [0.05, 0.1) is 28.3 Å². The van der Waals surface area contributed by atoms with Gasteiger partial charge in [0.2, 0.25) is 0 Å². The van der Waals surface area contributed by atoms with Crippen molar-refractivity contribution in [3.63, 3.8) is 0 Å². The van der Waals surface area contributed by atoms with Crippen LogP contribution in [0.2, 0.25) is 0 Å². The monoisotopic (exact) mass is 576 g/mol. The molecule has 8 nitrogen and oxygen atoms in total. The third kappa shape index (κ3) is 5.21. The normalized spacial score (nSPS) is 34.9. The van der Waals surface area contributed by atoms with Gasteiger partial charge in [0.25, 0.3) is 0 Å². The SMILES string of the molecule is CC(=O)OC1C(O)C(OC(=O)c2ccccc2)C2(C)C(OCC(=O)C=Cc3ccccc3)CC3CC2(OC3(C)C)C1C. The zero-order valence-corrected chi connectivity index (χ0v) is 24.8. The summed E-state index contributed by atoms with van der Waals surface area (Å²) in [6.45, 7) is 8.95. The highest BCUT2D eigenvalue weighted by Gasteiger charge is 2.76. The summed E-state index contributed by atoms with van der Waals surface area (Å²) in [6.07, 6.45) is 0.293. The first-order chi connectivity index (χ1) is 19.9. The Morgan fingerprint density at radius 1 is 1.00 bits per heavy atom. The number of fused-ring (bicyclic) bond motifs is 1. The van der Waals surface area contributed by atoms with Crippen molar-refractivity contribution in [2.45, 2.75) is 83.1 Å². The predicted molar refractivity (Wildman–Crippen MR) is 155 cm³/mol. The number of aliphatic hydroxyl groups excluding tert-OH is 1. The minimum absolute atomic E-state index is 0.0617. The fraction of sp³-hybridized carbons (Fsp3) is 0.500. The molecule has 8 unspecified atom stereocenters. The lowest BCUT2D eigenvalue weighted by Gasteiger charge is -2.62. The van der Waals surface area contributed by atoms with Gasteiger partial charge in [0.15, 0.2) is 5.78 Å². The van der Waals surface area contributed by atoms with Gasteiger partial charge in [-0.05, 0) is 56.4 Å². The van der Waals surface area contributed by atoms with Crippen LogP contribution in [0.5, 0.6) is 0 Å². The van der Waals surface area contributed by atoms with Crippen LogP contribution in [0.1, 0.15) is 63.4 Å². The van der Waals surface area contributed by atoms with Crippen molar-refractivity contribution in [1.29, 1.82) is 0 Å². The zero-order valence-electron chi connectivity index (χ0n) is 24.8. The molecule has 1 aliphatic heterocycles. The molecule has 2 aliphatic carbocycles. The Morgan fingerprint density at radius 2 is 1.64 bits per heavy atom. The molecule has 224 valence electrons. The van der Waals surface area contributed by atoms with E-state index >= 15 is 0 Å². The van der Waals surface area contributed by atoms with Crippen LogP contribution in [0, 0.1) is 17.3 Å². The first kappa shape index (κ1) is 30.1. The molecule has 1 saturated heterocycles. The third-order valence-electron chi connectivity index (χ3n) is 9.76. The van der Waals surface area contributed by atoms with Crippen LogP contribution in [-0.2, 0) is 28.5 Å². The number of benzene rings is 2. The van der Waals surface area contributed by atoms with E-state index in [2.05, 4.69) is 0 Å². The number of ether oxygens (including phenoxy) is 4. The van der Waals surface area contributed by atoms with Gasteiger partial charge in [-0.15, -0.1) is 0 Å². The first-order valence-electron chi connectivity index (χ1n) is 14.6. The van der Waals surface area contributed by atoms with Crippen molar-refractivity contribution < 1.29 is 38.4 Å². The maximum atomic E-state index is 13.4. The van der Waals surface area contributed by atoms with Gasteiger partial charge >= 0.3 is 11.9 Å². The molecule has 0 aromatic heterocycles. The molecule has 2 saturated carbocycles. The Kier molecular flexibility index (Phi) is 8.18. The van der Waals surface area contributed by atoms with Gasteiger partial charge < -0.3 is 24.1 Å². The van der Waals surface area contributed by atoms with E-state index in [-0.39, 0.29) is 18.3 Å². The largest absolute Gasteiger partial charge is 0.459 e. The lowest BCUT2D eigenvalue weighted by Crippen LogP contribution is -2.75. The Labute approximate surface area is 247 Å². The zero-order chi connectivity index (χ0) is 30.3. The maximum Gasteiger partial charge on any atom is 0.338 e. The molecule has 0 radical (unpaired) electrons. The first-order valence-corrected chi connectivity index (χ1v) is 14.6. The number of rotatable bonds is 8. The van der Waals surface area contributed by atoms with Crippen molar-refractivity contribution in [2.75, 3.05) is 6.61 Å². The lowest BCUT2D eigenvalue weighted by atomic mass is 9.49. The number of hydrogen-bond acceptors (Lipinski definition) is 8. The highest BCUT2D eigenvalue weighted by molar-refractivity contribution is 5.94. The Hall–Kier alpha value is -3.33. The van der Waals surface area contributed by atoms with E-state index in [9.17, 15) is 19.5 Å². The van der Waals surface area contributed by atoms with Crippen LogP contribution in [0.15, 0.2) is 66.7 Å². The smallest absolute Gasteiger partial charge is 0.338 e. The molecular formula is C34H40O8. The molecule has 8 heteroatoms. The highest BCUT2D eigenvalue weighted by Crippen LogP contribution is 2.67. The minimum Gasteiger partial charge on any atom is -0.459 e. The molecule has 3 aliphatic rings. The second-order valence-corrected chi connectivity index (χ2v) is 12.6. The van der Waals surface area contributed by atoms with Gasteiger partial charge in [-0.25, -0.2) is 4.79 Å². The third-order valence-corrected chi connectivity index (χ3v) is 9.76. The fourth-order valence-corrected chi connectivity index (χ4v) is 7.50. The summed E-state index contributed by atoms with van der Waals surface area (Å²) in [6, 6.07) is 18.1. The molecule has 2 aromatic carbocycles. The summed E-state index contributed by atoms with van der Waals surface area (Å²) in [5.41, 5.74) is -1.41. The van der Waals surface area contributed by atoms with Crippen molar-refractivity contribution in [3.8, 4) is 0 Å². The molecule has 8 atom stereocenters. The Morgan fingerprint density at radius 3 is 2.29 bits per heavy atom. The van der Waals surface area contributed by atoms with Gasteiger partial charge in [-0.1, -0.05) is 68.5 Å². The van der Waals surface area contributed by atoms with E-state index < -0.39 is 58.9 Å². The topological polar surface area (TPSA) is 108 Å². The lowest BCUT2D eigenvalue weighted by molar-refractivity contribution is -0.306. The summed E-state index contributed by atoms with van der Waals surface area (Å²) >= 11 is 0. The second kappa shape index (κ2) is 11.4. The number of esters is 2. The molecule has 1 N–H and O–H groups in total. The molecule has 2 aromatic rings. The standard InChI is InChI=1S/C34H40O8/c1-21-29(40-22(2)35)28(37)30(41-31(38)24-14-10-7-11-15-24)33(5)27(18-25-19-34(21,33)42-32(25,3)4)39-20-26(36)17-16-23-12-8-6-9-13-23/h6-17,21,25,27-30,37H,18-20H2,1-5H3. The van der Waals surface area contributed by atoms with Gasteiger partial charge in [-0.3, -0.25) is 9.59 Å². The number of carbonyl (C=O) groups is 3. The number of hydrogen-bond donors (Lipinski definition) is 1. The van der Waals surface area contributed by atoms with Crippen LogP contribution >= 0.6 is 0 Å². The molecule has 2 bridgehead atoms. The van der Waals surface area contributed by atoms with Gasteiger partial charge in [-0.2, -0.15) is 0 Å². The van der Waals surface area contributed by atoms with E-state index in [1.165, 1.54) is 13.0 Å². The molecule has 1 spiro atoms. The van der Waals surface area contributed by atoms with Crippen LogP contribution in [-0.4, -0.2) is 65.1 Å². The van der Waals surface area contributed by atoms with E-state index in [1.807, 2.05) is 58.0 Å². The van der Waals surface area contributed by atoms with Crippen molar-refractivity contribution in [3.05, 3.63) is 77.9 Å². The van der Waals surface area contributed by atoms with Gasteiger partial charge in [0, 0.05) is 12.8 Å². The molecule has 5 rings (SSSR count). The predicted octanol–water partition coefficient (Wildman–Crippen LogP) is 4.79. The van der Waals surface area contributed by atoms with Crippen LogP contribution in [0.4, 0.5) is 0 Å². The second-order valence-electron chi connectivity index (χ2n) is 12.6. The fourth-order valence-electron chi connectivity index (χ4n) is 7.50. The van der Waals surface area contributed by atoms with Crippen molar-refractivity contribution >= 4 is 23.8 Å². The van der Waals surface area contributed by atoms with E-state index in [4.69, 9.17) is 18.9 Å². The quantitative estimate of drug-likeness (QED) is 0.353. The van der Waals surface area contributed by atoms with E-state index in [0.717, 1.165) is 5.56 Å². The van der Waals surface area contributed by atoms with Crippen LogP contribution in [0.25, 0.3) is 6.08 Å². The summed E-state index contributed by atoms with van der Waals surface area (Å²) in [4.78, 5) is 38.5. The molecule has 1 heterocycles. The minimum atomic E-state index is -1.35. The molecule has 3 fully saturated rings. The summed E-state index contributed by atoms with van der Waals surface area (Å²) in [5.74, 6) is -1.78. The molecule has 42 heavy (non-hydrogen) atoms. The summed E-state index contributed by atoms with van der Waals surface area (Å²) < 4.78 is 25.2. The summed E-state index contributed by atoms with van der Waals surface area (Å²) in [5, 5.41) is 11.8. The Bertz CT molecular complexity index is 1340. The van der Waals surface area contributed by atoms with E-state index in [0.29, 0.717) is 18.4 Å². The molecular weight excluding hydrogens is 536 g/mol. The van der Waals surface area contributed by atoms with Crippen LogP contribution in [0.3, 0.4) is 0 Å². The Balaban J connectivity index is 1.51. The van der Waals surface area contributed by atoms with E-state index in [1.54, 1.807) is 36.4 Å². The number of ketones is 1. The summed E-state index contributed by atoms with van der Waals surface area (Å²) in [7, 11) is 0. The highest BCUT2D eigenvalue weighted by atomic mass is 16.6. The maximum absolute atomic E-state index is 13.4.